The monoisotopic (exact) mass is 522 g/mol. The fourth-order valence-corrected chi connectivity index (χ4v) is 4.70. The van der Waals surface area contributed by atoms with Gasteiger partial charge in [0.05, 0.1) is 29.3 Å². The van der Waals surface area contributed by atoms with E-state index < -0.39 is 17.3 Å². The van der Waals surface area contributed by atoms with Gasteiger partial charge in [0.2, 0.25) is 0 Å². The summed E-state index contributed by atoms with van der Waals surface area (Å²) in [5, 5.41) is 0.586. The average molecular weight is 523 g/mol. The van der Waals surface area contributed by atoms with E-state index in [1.54, 1.807) is 42.4 Å². The smallest absolute Gasteiger partial charge is 0.345 e. The van der Waals surface area contributed by atoms with Gasteiger partial charge in [-0.2, -0.15) is 0 Å². The van der Waals surface area contributed by atoms with Crippen molar-refractivity contribution in [2.75, 3.05) is 37.7 Å². The number of hydrogen-bond acceptors (Lipinski definition) is 7. The SMILES string of the molecule is C=C/C=C(\S)C(=O)N1CCN(c2c(C(=O)OCC)c(=O)n(Cc3cccc(F)c3)c3ccncc23)CC1. The van der Waals surface area contributed by atoms with Crippen molar-refractivity contribution < 1.29 is 18.7 Å². The Kier molecular flexibility index (Phi) is 8.08. The number of aromatic nitrogens is 2. The predicted octanol–water partition coefficient (Wildman–Crippen LogP) is 3.41. The van der Waals surface area contributed by atoms with Crippen LogP contribution in [-0.2, 0) is 16.1 Å². The number of rotatable bonds is 7. The lowest BCUT2D eigenvalue weighted by molar-refractivity contribution is -0.126. The maximum atomic E-state index is 13.9. The standard InChI is InChI=1S/C27H27FN4O4S/c1-3-6-22(37)25(33)31-13-11-30(12-14-31)24-20-16-29-10-9-21(20)32(17-18-7-5-8-19(28)15-18)26(34)23(24)27(35)36-4-2/h3,5-10,15-16,37H,1,4,11-14,17H2,2H3/b22-6-. The van der Waals surface area contributed by atoms with Gasteiger partial charge >= 0.3 is 5.97 Å². The lowest BCUT2D eigenvalue weighted by Crippen LogP contribution is -2.50. The number of carbonyl (C=O) groups excluding carboxylic acids is 2. The molecule has 0 atom stereocenters. The van der Waals surface area contributed by atoms with Gasteiger partial charge in [-0.15, -0.1) is 12.6 Å². The molecular formula is C27H27FN4O4S. The van der Waals surface area contributed by atoms with E-state index in [0.717, 1.165) is 0 Å². The van der Waals surface area contributed by atoms with Crippen molar-refractivity contribution in [3.05, 3.63) is 93.7 Å². The molecule has 4 rings (SSSR count). The van der Waals surface area contributed by atoms with Crippen molar-refractivity contribution in [3.63, 3.8) is 0 Å². The van der Waals surface area contributed by atoms with Crippen molar-refractivity contribution in [2.24, 2.45) is 0 Å². The molecule has 0 spiro atoms. The van der Waals surface area contributed by atoms with E-state index in [0.29, 0.717) is 48.3 Å². The highest BCUT2D eigenvalue weighted by Crippen LogP contribution is 2.30. The molecule has 1 amide bonds. The van der Waals surface area contributed by atoms with Gasteiger partial charge in [-0.05, 0) is 36.8 Å². The fourth-order valence-electron chi connectivity index (χ4n) is 4.45. The second kappa shape index (κ2) is 11.4. The number of halogens is 1. The van der Waals surface area contributed by atoms with E-state index in [-0.39, 0.29) is 29.5 Å². The molecule has 0 unspecified atom stereocenters. The van der Waals surface area contributed by atoms with Crippen LogP contribution in [0.3, 0.4) is 0 Å². The summed E-state index contributed by atoms with van der Waals surface area (Å²) in [5.41, 5.74) is 0.894. The highest BCUT2D eigenvalue weighted by molar-refractivity contribution is 7.85. The number of esters is 1. The molecule has 0 bridgehead atoms. The predicted molar refractivity (Wildman–Crippen MR) is 144 cm³/mol. The number of ether oxygens (including phenoxy) is 1. The minimum Gasteiger partial charge on any atom is -0.462 e. The van der Waals surface area contributed by atoms with Crippen LogP contribution < -0.4 is 10.5 Å². The molecule has 1 fully saturated rings. The van der Waals surface area contributed by atoms with Crippen LogP contribution in [0.15, 0.2) is 71.2 Å². The summed E-state index contributed by atoms with van der Waals surface area (Å²) in [6.45, 7) is 6.90. The topological polar surface area (TPSA) is 84.7 Å². The minimum atomic E-state index is -0.744. The molecule has 0 N–H and O–H groups in total. The number of nitrogens with zero attached hydrogens (tertiary/aromatic N) is 4. The fraction of sp³-hybridized carbons (Fsp3) is 0.259. The van der Waals surface area contributed by atoms with Crippen LogP contribution in [0.1, 0.15) is 22.8 Å². The molecule has 3 aromatic rings. The van der Waals surface area contributed by atoms with Crippen molar-refractivity contribution in [3.8, 4) is 0 Å². The minimum absolute atomic E-state index is 0.0619. The van der Waals surface area contributed by atoms with Crippen LogP contribution in [0.4, 0.5) is 10.1 Å². The second-order valence-electron chi connectivity index (χ2n) is 8.42. The number of benzene rings is 1. The number of anilines is 1. The summed E-state index contributed by atoms with van der Waals surface area (Å²) in [4.78, 5) is 47.7. The van der Waals surface area contributed by atoms with E-state index >= 15 is 0 Å². The van der Waals surface area contributed by atoms with Gasteiger partial charge in [0.25, 0.3) is 11.5 Å². The van der Waals surface area contributed by atoms with E-state index in [2.05, 4.69) is 24.2 Å². The van der Waals surface area contributed by atoms with E-state index in [1.807, 2.05) is 4.90 Å². The van der Waals surface area contributed by atoms with Crippen LogP contribution in [-0.4, -0.2) is 59.1 Å². The molecule has 2 aromatic heterocycles. The molecule has 1 aromatic carbocycles. The number of amides is 1. The Bertz CT molecular complexity index is 1440. The van der Waals surface area contributed by atoms with E-state index in [1.165, 1.54) is 28.9 Å². The molecule has 1 aliphatic rings. The Morgan fingerprint density at radius 1 is 1.22 bits per heavy atom. The van der Waals surface area contributed by atoms with Gasteiger partial charge in [-0.1, -0.05) is 24.8 Å². The Hall–Kier alpha value is -3.92. The first-order chi connectivity index (χ1) is 17.8. The quantitative estimate of drug-likeness (QED) is 0.222. The zero-order valence-corrected chi connectivity index (χ0v) is 21.3. The first kappa shape index (κ1) is 26.2. The molecular weight excluding hydrogens is 495 g/mol. The number of piperazine rings is 1. The summed E-state index contributed by atoms with van der Waals surface area (Å²) >= 11 is 4.24. The lowest BCUT2D eigenvalue weighted by Gasteiger charge is -2.37. The molecule has 3 heterocycles. The molecule has 0 saturated carbocycles. The zero-order valence-electron chi connectivity index (χ0n) is 20.4. The first-order valence-corrected chi connectivity index (χ1v) is 12.3. The molecule has 37 heavy (non-hydrogen) atoms. The van der Waals surface area contributed by atoms with Crippen LogP contribution >= 0.6 is 12.6 Å². The summed E-state index contributed by atoms with van der Waals surface area (Å²) < 4.78 is 20.6. The van der Waals surface area contributed by atoms with E-state index in [4.69, 9.17) is 4.74 Å². The van der Waals surface area contributed by atoms with Gasteiger partial charge in [0.1, 0.15) is 11.4 Å². The van der Waals surface area contributed by atoms with Gasteiger partial charge in [-0.25, -0.2) is 9.18 Å². The molecule has 0 radical (unpaired) electrons. The van der Waals surface area contributed by atoms with Crippen LogP contribution in [0.5, 0.6) is 0 Å². The summed E-state index contributed by atoms with van der Waals surface area (Å²) in [5.74, 6) is -1.38. The maximum Gasteiger partial charge on any atom is 0.345 e. The maximum absolute atomic E-state index is 13.9. The third-order valence-corrected chi connectivity index (χ3v) is 6.47. The van der Waals surface area contributed by atoms with Gasteiger partial charge in [0.15, 0.2) is 0 Å². The number of thiol groups is 1. The Labute approximate surface area is 219 Å². The molecule has 1 saturated heterocycles. The number of carbonyl (C=O) groups is 2. The van der Waals surface area contributed by atoms with Crippen LogP contribution in [0, 0.1) is 5.82 Å². The van der Waals surface area contributed by atoms with Crippen molar-refractivity contribution in [1.82, 2.24) is 14.5 Å². The summed E-state index contributed by atoms with van der Waals surface area (Å²) in [7, 11) is 0. The largest absolute Gasteiger partial charge is 0.462 e. The highest BCUT2D eigenvalue weighted by atomic mass is 32.1. The lowest BCUT2D eigenvalue weighted by atomic mass is 10.1. The molecule has 0 aliphatic carbocycles. The molecule has 192 valence electrons. The number of fused-ring (bicyclic) bond motifs is 1. The Morgan fingerprint density at radius 2 is 1.97 bits per heavy atom. The Morgan fingerprint density at radius 3 is 2.65 bits per heavy atom. The van der Waals surface area contributed by atoms with Crippen LogP contribution in [0.25, 0.3) is 10.9 Å². The third-order valence-electron chi connectivity index (χ3n) is 6.13. The van der Waals surface area contributed by atoms with Gasteiger partial charge in [-0.3, -0.25) is 14.6 Å². The van der Waals surface area contributed by atoms with Crippen molar-refractivity contribution >= 4 is 41.1 Å². The second-order valence-corrected chi connectivity index (χ2v) is 8.91. The average Bonchev–Trinajstić information content (AvgIpc) is 2.90. The number of pyridine rings is 2. The molecule has 10 heteroatoms. The highest BCUT2D eigenvalue weighted by Gasteiger charge is 2.30. The van der Waals surface area contributed by atoms with Crippen molar-refractivity contribution in [2.45, 2.75) is 13.5 Å². The normalized spacial score (nSPS) is 14.1. The van der Waals surface area contributed by atoms with Gasteiger partial charge < -0.3 is 19.1 Å². The number of allylic oxidation sites excluding steroid dienone is 2. The van der Waals surface area contributed by atoms with Crippen molar-refractivity contribution in [1.29, 1.82) is 0 Å². The first-order valence-electron chi connectivity index (χ1n) is 11.8. The Balaban J connectivity index is 1.80. The third kappa shape index (κ3) is 5.43. The summed E-state index contributed by atoms with van der Waals surface area (Å²) in [6, 6.07) is 7.66. The number of hydrogen-bond donors (Lipinski definition) is 1. The zero-order chi connectivity index (χ0) is 26.5. The molecule has 1 aliphatic heterocycles. The van der Waals surface area contributed by atoms with Gasteiger partial charge in [0, 0.05) is 44.0 Å². The van der Waals surface area contributed by atoms with E-state index in [9.17, 15) is 18.8 Å². The molecule has 8 nitrogen and oxygen atoms in total. The summed E-state index contributed by atoms with van der Waals surface area (Å²) in [6.07, 6.45) is 6.20. The van der Waals surface area contributed by atoms with Crippen LogP contribution in [0.2, 0.25) is 0 Å².